The maximum absolute atomic E-state index is 12.3. The lowest BCUT2D eigenvalue weighted by molar-refractivity contribution is 0.0718. The van der Waals surface area contributed by atoms with Gasteiger partial charge >= 0.3 is 0 Å². The molecule has 1 amide bonds. The normalized spacial score (nSPS) is 15.2. The number of aromatic nitrogens is 2. The van der Waals surface area contributed by atoms with Crippen LogP contribution in [-0.4, -0.2) is 47.5 Å². The van der Waals surface area contributed by atoms with E-state index in [1.54, 1.807) is 12.4 Å². The van der Waals surface area contributed by atoms with Crippen LogP contribution in [0.3, 0.4) is 0 Å². The van der Waals surface area contributed by atoms with Crippen LogP contribution in [0.1, 0.15) is 49.5 Å². The van der Waals surface area contributed by atoms with Gasteiger partial charge in [0.25, 0.3) is 5.91 Å². The summed E-state index contributed by atoms with van der Waals surface area (Å²) in [6.45, 7) is 4.82. The van der Waals surface area contributed by atoms with Crippen molar-refractivity contribution in [3.63, 3.8) is 0 Å². The Bertz CT molecular complexity index is 426. The van der Waals surface area contributed by atoms with Gasteiger partial charge in [0.05, 0.1) is 12.4 Å². The highest BCUT2D eigenvalue weighted by Gasteiger charge is 2.19. The summed E-state index contributed by atoms with van der Waals surface area (Å²) in [6, 6.07) is 0. The molecule has 0 aliphatic carbocycles. The van der Waals surface area contributed by atoms with Crippen molar-refractivity contribution in [3.05, 3.63) is 18.1 Å². The first-order valence-electron chi connectivity index (χ1n) is 7.55. The van der Waals surface area contributed by atoms with Gasteiger partial charge in [-0.2, -0.15) is 0 Å². The van der Waals surface area contributed by atoms with Gasteiger partial charge in [-0.25, -0.2) is 9.97 Å². The molecule has 1 saturated heterocycles. The van der Waals surface area contributed by atoms with E-state index in [-0.39, 0.29) is 5.91 Å². The minimum absolute atomic E-state index is 0.0139. The number of anilines is 1. The number of hydrogen-bond acceptors (Lipinski definition) is 4. The Labute approximate surface area is 121 Å². The SMILES string of the molecule is CCCCN(C)c1cnc(C(=O)N2CCCCC2)cn1. The Balaban J connectivity index is 1.98. The highest BCUT2D eigenvalue weighted by molar-refractivity contribution is 5.92. The first kappa shape index (κ1) is 14.8. The molecule has 0 bridgehead atoms. The molecule has 0 saturated carbocycles. The zero-order chi connectivity index (χ0) is 14.4. The van der Waals surface area contributed by atoms with Gasteiger partial charge < -0.3 is 9.80 Å². The first-order chi connectivity index (χ1) is 9.72. The van der Waals surface area contributed by atoms with E-state index in [9.17, 15) is 4.79 Å². The second kappa shape index (κ2) is 7.22. The van der Waals surface area contributed by atoms with Crippen LogP contribution < -0.4 is 4.90 Å². The molecular weight excluding hydrogens is 252 g/mol. The molecule has 110 valence electrons. The monoisotopic (exact) mass is 276 g/mol. The van der Waals surface area contributed by atoms with Gasteiger partial charge in [-0.15, -0.1) is 0 Å². The number of nitrogens with zero attached hydrogens (tertiary/aromatic N) is 4. The van der Waals surface area contributed by atoms with Crippen LogP contribution in [0.15, 0.2) is 12.4 Å². The average molecular weight is 276 g/mol. The Kier molecular flexibility index (Phi) is 5.32. The first-order valence-corrected chi connectivity index (χ1v) is 7.55. The standard InChI is InChI=1S/C15H24N4O/c1-3-4-8-18(2)14-12-16-13(11-17-14)15(20)19-9-6-5-7-10-19/h11-12H,3-10H2,1-2H3. The van der Waals surface area contributed by atoms with Crippen molar-refractivity contribution in [2.75, 3.05) is 31.6 Å². The zero-order valence-electron chi connectivity index (χ0n) is 12.5. The quantitative estimate of drug-likeness (QED) is 0.828. The number of carbonyl (C=O) groups excluding carboxylic acids is 1. The van der Waals surface area contributed by atoms with Crippen molar-refractivity contribution in [1.82, 2.24) is 14.9 Å². The third kappa shape index (κ3) is 3.68. The van der Waals surface area contributed by atoms with E-state index in [1.807, 2.05) is 11.9 Å². The van der Waals surface area contributed by atoms with Gasteiger partial charge in [0.15, 0.2) is 0 Å². The van der Waals surface area contributed by atoms with E-state index in [0.29, 0.717) is 5.69 Å². The highest BCUT2D eigenvalue weighted by Crippen LogP contribution is 2.13. The van der Waals surface area contributed by atoms with Crippen molar-refractivity contribution < 1.29 is 4.79 Å². The van der Waals surface area contributed by atoms with Crippen molar-refractivity contribution in [2.45, 2.75) is 39.0 Å². The number of carbonyl (C=O) groups is 1. The van der Waals surface area contributed by atoms with Crippen LogP contribution in [0.2, 0.25) is 0 Å². The second-order valence-electron chi connectivity index (χ2n) is 5.39. The summed E-state index contributed by atoms with van der Waals surface area (Å²) in [5, 5.41) is 0. The Hall–Kier alpha value is -1.65. The predicted molar refractivity (Wildman–Crippen MR) is 80.0 cm³/mol. The minimum atomic E-state index is 0.0139. The molecule has 2 heterocycles. The molecule has 0 unspecified atom stereocenters. The van der Waals surface area contributed by atoms with E-state index in [4.69, 9.17) is 0 Å². The molecule has 5 heteroatoms. The zero-order valence-corrected chi connectivity index (χ0v) is 12.5. The Morgan fingerprint density at radius 3 is 2.60 bits per heavy atom. The van der Waals surface area contributed by atoms with Crippen molar-refractivity contribution >= 4 is 11.7 Å². The third-order valence-electron chi connectivity index (χ3n) is 3.74. The van der Waals surface area contributed by atoms with E-state index >= 15 is 0 Å². The molecule has 20 heavy (non-hydrogen) atoms. The molecule has 1 aliphatic heterocycles. The van der Waals surface area contributed by atoms with Gasteiger partial charge in [-0.3, -0.25) is 4.79 Å². The fraction of sp³-hybridized carbons (Fsp3) is 0.667. The predicted octanol–water partition coefficient (Wildman–Crippen LogP) is 2.34. The summed E-state index contributed by atoms with van der Waals surface area (Å²) in [5.74, 6) is 0.841. The Morgan fingerprint density at radius 2 is 2.00 bits per heavy atom. The maximum Gasteiger partial charge on any atom is 0.274 e. The van der Waals surface area contributed by atoms with E-state index in [0.717, 1.165) is 51.1 Å². The number of rotatable bonds is 5. The van der Waals surface area contributed by atoms with Gasteiger partial charge in [0, 0.05) is 26.7 Å². The van der Waals surface area contributed by atoms with Crippen LogP contribution in [0.5, 0.6) is 0 Å². The molecule has 1 aromatic rings. The van der Waals surface area contributed by atoms with Crippen LogP contribution in [0, 0.1) is 0 Å². The lowest BCUT2D eigenvalue weighted by Gasteiger charge is -2.26. The number of amides is 1. The molecule has 0 atom stereocenters. The molecule has 5 nitrogen and oxygen atoms in total. The summed E-state index contributed by atoms with van der Waals surface area (Å²) in [4.78, 5) is 24.9. The topological polar surface area (TPSA) is 49.3 Å². The molecule has 1 fully saturated rings. The van der Waals surface area contributed by atoms with Gasteiger partial charge in [-0.1, -0.05) is 13.3 Å². The fourth-order valence-corrected chi connectivity index (χ4v) is 2.40. The molecule has 1 aromatic heterocycles. The van der Waals surface area contributed by atoms with E-state index in [2.05, 4.69) is 21.8 Å². The van der Waals surface area contributed by atoms with Crippen molar-refractivity contribution in [2.24, 2.45) is 0 Å². The molecule has 1 aliphatic rings. The van der Waals surface area contributed by atoms with Crippen molar-refractivity contribution in [1.29, 1.82) is 0 Å². The summed E-state index contributed by atoms with van der Waals surface area (Å²) in [6.07, 6.45) is 9.00. The summed E-state index contributed by atoms with van der Waals surface area (Å²) < 4.78 is 0. The number of piperidine rings is 1. The lowest BCUT2D eigenvalue weighted by atomic mass is 10.1. The molecule has 0 radical (unpaired) electrons. The smallest absolute Gasteiger partial charge is 0.274 e. The third-order valence-corrected chi connectivity index (χ3v) is 3.74. The van der Waals surface area contributed by atoms with Crippen LogP contribution in [0.25, 0.3) is 0 Å². The number of hydrogen-bond donors (Lipinski definition) is 0. The fourth-order valence-electron chi connectivity index (χ4n) is 2.40. The molecule has 0 spiro atoms. The van der Waals surface area contributed by atoms with E-state index in [1.165, 1.54) is 6.42 Å². The lowest BCUT2D eigenvalue weighted by Crippen LogP contribution is -2.36. The maximum atomic E-state index is 12.3. The molecule has 2 rings (SSSR count). The molecule has 0 aromatic carbocycles. The van der Waals surface area contributed by atoms with Gasteiger partial charge in [-0.05, 0) is 25.7 Å². The number of unbranched alkanes of at least 4 members (excludes halogenated alkanes) is 1. The van der Waals surface area contributed by atoms with Crippen LogP contribution >= 0.6 is 0 Å². The van der Waals surface area contributed by atoms with Crippen LogP contribution in [-0.2, 0) is 0 Å². The largest absolute Gasteiger partial charge is 0.358 e. The van der Waals surface area contributed by atoms with Crippen molar-refractivity contribution in [3.8, 4) is 0 Å². The highest BCUT2D eigenvalue weighted by atomic mass is 16.2. The average Bonchev–Trinajstić information content (AvgIpc) is 2.53. The van der Waals surface area contributed by atoms with E-state index < -0.39 is 0 Å². The second-order valence-corrected chi connectivity index (χ2v) is 5.39. The summed E-state index contributed by atoms with van der Waals surface area (Å²) in [7, 11) is 2.01. The number of likely N-dealkylation sites (tertiary alicyclic amines) is 1. The van der Waals surface area contributed by atoms with Gasteiger partial charge in [0.1, 0.15) is 11.5 Å². The molecular formula is C15H24N4O. The Morgan fingerprint density at radius 1 is 1.25 bits per heavy atom. The summed E-state index contributed by atoms with van der Waals surface area (Å²) >= 11 is 0. The molecule has 0 N–H and O–H groups in total. The van der Waals surface area contributed by atoms with Crippen LogP contribution in [0.4, 0.5) is 5.82 Å². The van der Waals surface area contributed by atoms with Gasteiger partial charge in [0.2, 0.25) is 0 Å². The summed E-state index contributed by atoms with van der Waals surface area (Å²) in [5.41, 5.74) is 0.458. The minimum Gasteiger partial charge on any atom is -0.358 e.